The maximum atomic E-state index is 12.6. The van der Waals surface area contributed by atoms with E-state index in [1.165, 1.54) is 0 Å². The van der Waals surface area contributed by atoms with E-state index in [0.717, 1.165) is 16.3 Å². The summed E-state index contributed by atoms with van der Waals surface area (Å²) in [5, 5.41) is 5.00. The number of sulfone groups is 1. The summed E-state index contributed by atoms with van der Waals surface area (Å²) in [6, 6.07) is 19.2. The number of carbonyl (C=O) groups excluding carboxylic acids is 1. The fraction of sp³-hybridized carbons (Fsp3) is 0.217. The van der Waals surface area contributed by atoms with Gasteiger partial charge in [0.15, 0.2) is 15.4 Å². The van der Waals surface area contributed by atoms with Gasteiger partial charge in [-0.3, -0.25) is 4.79 Å². The van der Waals surface area contributed by atoms with E-state index in [1.54, 1.807) is 6.07 Å². The normalized spacial score (nSPS) is 18.1. The molecule has 0 spiro atoms. The second-order valence-corrected chi connectivity index (χ2v) is 9.95. The van der Waals surface area contributed by atoms with Crippen LogP contribution in [0.1, 0.15) is 12.8 Å². The Labute approximate surface area is 173 Å². The first-order valence-corrected chi connectivity index (χ1v) is 11.7. The van der Waals surface area contributed by atoms with Crippen molar-refractivity contribution in [2.24, 2.45) is 5.92 Å². The molecule has 0 bridgehead atoms. The number of para-hydroxylation sites is 1. The molecule has 4 aromatic rings. The molecule has 1 unspecified atom stereocenters. The van der Waals surface area contributed by atoms with E-state index in [9.17, 15) is 13.2 Å². The van der Waals surface area contributed by atoms with Gasteiger partial charge in [-0.05, 0) is 35.9 Å². The Morgan fingerprint density at radius 2 is 1.87 bits per heavy atom. The van der Waals surface area contributed by atoms with Gasteiger partial charge in [0, 0.05) is 11.8 Å². The first kappa shape index (κ1) is 18.8. The van der Waals surface area contributed by atoms with Crippen molar-refractivity contribution in [1.82, 2.24) is 4.98 Å². The first-order chi connectivity index (χ1) is 14.5. The van der Waals surface area contributed by atoms with Crippen molar-refractivity contribution >= 4 is 43.3 Å². The van der Waals surface area contributed by atoms with Crippen LogP contribution in [0.15, 0.2) is 65.1 Å². The number of oxazole rings is 1. The fourth-order valence-electron chi connectivity index (χ4n) is 4.05. The molecule has 2 heterocycles. The average Bonchev–Trinajstić information content (AvgIpc) is 3.31. The lowest BCUT2D eigenvalue weighted by atomic mass is 10.0. The molecule has 1 aliphatic rings. The molecular weight excluding hydrogens is 400 g/mol. The molecule has 1 atom stereocenters. The third-order valence-electron chi connectivity index (χ3n) is 5.52. The molecule has 30 heavy (non-hydrogen) atoms. The van der Waals surface area contributed by atoms with Crippen LogP contribution < -0.4 is 5.32 Å². The molecule has 1 amide bonds. The highest BCUT2D eigenvalue weighted by Crippen LogP contribution is 2.33. The molecule has 0 radical (unpaired) electrons. The first-order valence-electron chi connectivity index (χ1n) is 9.86. The lowest BCUT2D eigenvalue weighted by Gasteiger charge is -2.11. The zero-order chi connectivity index (χ0) is 20.7. The number of carbonyl (C=O) groups is 1. The van der Waals surface area contributed by atoms with Gasteiger partial charge in [0.05, 0.1) is 22.8 Å². The predicted molar refractivity (Wildman–Crippen MR) is 117 cm³/mol. The lowest BCUT2D eigenvalue weighted by molar-refractivity contribution is -0.116. The number of nitrogens with zero attached hydrogens (tertiary/aromatic N) is 1. The Bertz CT molecular complexity index is 1370. The highest BCUT2D eigenvalue weighted by atomic mass is 32.2. The molecule has 0 saturated carbocycles. The number of anilines is 1. The minimum Gasteiger partial charge on any atom is -0.436 e. The van der Waals surface area contributed by atoms with Gasteiger partial charge in [-0.1, -0.05) is 42.5 Å². The molecule has 5 rings (SSSR count). The molecule has 1 aliphatic heterocycles. The van der Waals surface area contributed by atoms with Crippen LogP contribution in [0, 0.1) is 5.92 Å². The van der Waals surface area contributed by atoms with Crippen molar-refractivity contribution in [3.63, 3.8) is 0 Å². The predicted octanol–water partition coefficient (Wildman–Crippen LogP) is 4.41. The van der Waals surface area contributed by atoms with E-state index >= 15 is 0 Å². The average molecular weight is 420 g/mol. The molecular formula is C23H20N2O4S. The van der Waals surface area contributed by atoms with Gasteiger partial charge in [0.2, 0.25) is 11.8 Å². The number of amides is 1. The summed E-state index contributed by atoms with van der Waals surface area (Å²) in [7, 11) is -3.00. The van der Waals surface area contributed by atoms with Crippen LogP contribution in [-0.4, -0.2) is 30.8 Å². The topological polar surface area (TPSA) is 89.3 Å². The summed E-state index contributed by atoms with van der Waals surface area (Å²) in [5.41, 5.74) is 2.74. The van der Waals surface area contributed by atoms with E-state index < -0.39 is 9.84 Å². The summed E-state index contributed by atoms with van der Waals surface area (Å²) in [6.07, 6.45) is 0.724. The minimum absolute atomic E-state index is 0.0836. The number of hydrogen-bond donors (Lipinski definition) is 1. The van der Waals surface area contributed by atoms with Gasteiger partial charge < -0.3 is 9.73 Å². The smallest absolute Gasteiger partial charge is 0.229 e. The van der Waals surface area contributed by atoms with Crippen LogP contribution in [0.2, 0.25) is 0 Å². The minimum atomic E-state index is -3.00. The van der Waals surface area contributed by atoms with E-state index in [0.29, 0.717) is 29.1 Å². The third kappa shape index (κ3) is 3.57. The maximum absolute atomic E-state index is 12.6. The number of nitrogens with one attached hydrogen (secondary N) is 1. The van der Waals surface area contributed by atoms with Gasteiger partial charge in [-0.2, -0.15) is 0 Å². The van der Waals surface area contributed by atoms with E-state index in [1.807, 2.05) is 54.6 Å². The van der Waals surface area contributed by atoms with Gasteiger partial charge in [-0.25, -0.2) is 13.4 Å². The van der Waals surface area contributed by atoms with E-state index in [2.05, 4.69) is 5.32 Å². The van der Waals surface area contributed by atoms with E-state index in [-0.39, 0.29) is 29.8 Å². The van der Waals surface area contributed by atoms with Crippen molar-refractivity contribution < 1.29 is 17.6 Å². The Morgan fingerprint density at radius 1 is 1.07 bits per heavy atom. The molecule has 3 aromatic carbocycles. The number of hydrogen-bond acceptors (Lipinski definition) is 5. The van der Waals surface area contributed by atoms with Crippen LogP contribution in [-0.2, 0) is 14.6 Å². The molecule has 6 nitrogen and oxygen atoms in total. The van der Waals surface area contributed by atoms with Crippen molar-refractivity contribution in [2.75, 3.05) is 16.8 Å². The summed E-state index contributed by atoms with van der Waals surface area (Å²) in [4.78, 5) is 17.3. The summed E-state index contributed by atoms with van der Waals surface area (Å²) in [6.45, 7) is 0. The molecule has 7 heteroatoms. The van der Waals surface area contributed by atoms with Crippen molar-refractivity contribution in [3.05, 3.63) is 60.7 Å². The molecule has 152 valence electrons. The molecule has 1 fully saturated rings. The van der Waals surface area contributed by atoms with Crippen LogP contribution in [0.25, 0.3) is 33.3 Å². The second-order valence-electron chi connectivity index (χ2n) is 7.72. The Hall–Kier alpha value is -3.19. The summed E-state index contributed by atoms with van der Waals surface area (Å²) in [5.74, 6) is 0.350. The highest BCUT2D eigenvalue weighted by molar-refractivity contribution is 7.91. The number of aromatic nitrogens is 1. The SMILES string of the molecule is O=C(CC1CCS(=O)(=O)C1)Nc1ccccc1-c1nc2c(ccc3ccccc32)o1. The number of benzene rings is 3. The quantitative estimate of drug-likeness (QED) is 0.528. The summed E-state index contributed by atoms with van der Waals surface area (Å²) < 4.78 is 29.3. The molecule has 1 aromatic heterocycles. The summed E-state index contributed by atoms with van der Waals surface area (Å²) >= 11 is 0. The van der Waals surface area contributed by atoms with Crippen molar-refractivity contribution in [1.29, 1.82) is 0 Å². The van der Waals surface area contributed by atoms with Crippen LogP contribution >= 0.6 is 0 Å². The van der Waals surface area contributed by atoms with Crippen molar-refractivity contribution in [2.45, 2.75) is 12.8 Å². The van der Waals surface area contributed by atoms with E-state index in [4.69, 9.17) is 9.40 Å². The Balaban J connectivity index is 1.45. The van der Waals surface area contributed by atoms with Gasteiger partial charge in [-0.15, -0.1) is 0 Å². The number of rotatable bonds is 4. The van der Waals surface area contributed by atoms with Crippen LogP contribution in [0.3, 0.4) is 0 Å². The largest absolute Gasteiger partial charge is 0.436 e. The van der Waals surface area contributed by atoms with Gasteiger partial charge in [0.25, 0.3) is 0 Å². The van der Waals surface area contributed by atoms with Crippen LogP contribution in [0.4, 0.5) is 5.69 Å². The third-order valence-corrected chi connectivity index (χ3v) is 7.35. The second kappa shape index (κ2) is 7.25. The zero-order valence-electron chi connectivity index (χ0n) is 16.2. The number of fused-ring (bicyclic) bond motifs is 3. The fourth-order valence-corrected chi connectivity index (χ4v) is 5.91. The lowest BCUT2D eigenvalue weighted by Crippen LogP contribution is -2.17. The molecule has 1 N–H and O–H groups in total. The highest BCUT2D eigenvalue weighted by Gasteiger charge is 2.29. The molecule has 1 saturated heterocycles. The van der Waals surface area contributed by atoms with Gasteiger partial charge >= 0.3 is 0 Å². The Morgan fingerprint density at radius 3 is 2.70 bits per heavy atom. The van der Waals surface area contributed by atoms with Crippen LogP contribution in [0.5, 0.6) is 0 Å². The zero-order valence-corrected chi connectivity index (χ0v) is 17.0. The maximum Gasteiger partial charge on any atom is 0.229 e. The van der Waals surface area contributed by atoms with Gasteiger partial charge in [0.1, 0.15) is 5.52 Å². The van der Waals surface area contributed by atoms with Crippen molar-refractivity contribution in [3.8, 4) is 11.5 Å². The Kier molecular flexibility index (Phi) is 4.55. The molecule has 0 aliphatic carbocycles. The monoisotopic (exact) mass is 420 g/mol. The standard InChI is InChI=1S/C23H20N2O4S/c26-21(13-15-11-12-30(27,28)14-15)24-19-8-4-3-7-18(19)23-25-22-17-6-2-1-5-16(17)9-10-20(22)29-23/h1-10,15H,11-14H2,(H,24,26).